The van der Waals surface area contributed by atoms with E-state index >= 15 is 0 Å². The molecule has 1 saturated carbocycles. The third-order valence-corrected chi connectivity index (χ3v) is 7.31. The third-order valence-electron chi connectivity index (χ3n) is 7.31. The van der Waals surface area contributed by atoms with Gasteiger partial charge in [-0.2, -0.15) is 0 Å². The minimum Gasteiger partial charge on any atom is -0.338 e. The van der Waals surface area contributed by atoms with Crippen molar-refractivity contribution in [2.45, 2.75) is 97.4 Å². The minimum absolute atomic E-state index is 0.0428. The number of carbonyl (C=O) groups excluding carboxylic acids is 1. The fourth-order valence-corrected chi connectivity index (χ4v) is 5.88. The Bertz CT molecular complexity index is 733. The molecule has 0 spiro atoms. The quantitative estimate of drug-likeness (QED) is 0.667. The zero-order valence-electron chi connectivity index (χ0n) is 19.0. The van der Waals surface area contributed by atoms with Gasteiger partial charge in [0.15, 0.2) is 0 Å². The van der Waals surface area contributed by atoms with E-state index in [1.165, 1.54) is 37.7 Å². The van der Waals surface area contributed by atoms with Gasteiger partial charge in [0.25, 0.3) is 0 Å². The van der Waals surface area contributed by atoms with Gasteiger partial charge < -0.3 is 10.6 Å². The first kappa shape index (κ1) is 21.2. The predicted octanol–water partition coefficient (Wildman–Crippen LogP) is 5.92. The zero-order chi connectivity index (χ0) is 20.7. The molecule has 3 atom stereocenters. The van der Waals surface area contributed by atoms with Crippen molar-refractivity contribution in [1.29, 1.82) is 0 Å². The molecule has 3 nitrogen and oxygen atoms in total. The van der Waals surface area contributed by atoms with Crippen molar-refractivity contribution >= 4 is 6.03 Å². The van der Waals surface area contributed by atoms with Crippen LogP contribution in [0, 0.1) is 11.3 Å². The standard InChI is InChI=1S/C25H40N2O/c1-17(2)18-9-11-20-19(15-18)10-12-21-24(6,13-8-14-25(20,21)7)16-26-22(28)27-23(3,4)5/h9,11,15,17,21H,8,10,12-14,16H2,1-7H3,(H2,26,27,28)/t21-,24-,25+/m0/s1. The van der Waals surface area contributed by atoms with Gasteiger partial charge in [-0.15, -0.1) is 0 Å². The Morgan fingerprint density at radius 3 is 2.57 bits per heavy atom. The molecule has 3 heteroatoms. The van der Waals surface area contributed by atoms with Crippen molar-refractivity contribution in [3.05, 3.63) is 34.9 Å². The van der Waals surface area contributed by atoms with E-state index in [4.69, 9.17) is 0 Å². The molecule has 1 aromatic rings. The topological polar surface area (TPSA) is 41.1 Å². The lowest BCUT2D eigenvalue weighted by Gasteiger charge is -2.55. The molecule has 0 heterocycles. The summed E-state index contributed by atoms with van der Waals surface area (Å²) in [5.41, 5.74) is 4.75. The van der Waals surface area contributed by atoms with Crippen LogP contribution in [0.15, 0.2) is 18.2 Å². The lowest BCUT2D eigenvalue weighted by atomic mass is 9.49. The van der Waals surface area contributed by atoms with Gasteiger partial charge in [-0.05, 0) is 85.8 Å². The SMILES string of the molecule is CC(C)c1ccc2c(c1)CC[C@H]1[C@](C)(CNC(=O)NC(C)(C)C)CCC[C@]21C. The highest BCUT2D eigenvalue weighted by Crippen LogP contribution is 2.57. The Kier molecular flexibility index (Phi) is 5.59. The van der Waals surface area contributed by atoms with Gasteiger partial charge >= 0.3 is 6.03 Å². The van der Waals surface area contributed by atoms with E-state index < -0.39 is 0 Å². The van der Waals surface area contributed by atoms with Crippen molar-refractivity contribution in [3.63, 3.8) is 0 Å². The fourth-order valence-electron chi connectivity index (χ4n) is 5.88. The maximum absolute atomic E-state index is 12.4. The summed E-state index contributed by atoms with van der Waals surface area (Å²) in [5, 5.41) is 6.24. The monoisotopic (exact) mass is 384 g/mol. The second kappa shape index (κ2) is 7.39. The number of nitrogens with one attached hydrogen (secondary N) is 2. The van der Waals surface area contributed by atoms with Crippen LogP contribution in [0.4, 0.5) is 4.79 Å². The highest BCUT2D eigenvalue weighted by atomic mass is 16.2. The van der Waals surface area contributed by atoms with E-state index in [1.807, 2.05) is 20.8 Å². The summed E-state index contributed by atoms with van der Waals surface area (Å²) in [7, 11) is 0. The van der Waals surface area contributed by atoms with Crippen LogP contribution in [-0.4, -0.2) is 18.1 Å². The lowest BCUT2D eigenvalue weighted by molar-refractivity contribution is 0.0277. The molecule has 0 bridgehead atoms. The van der Waals surface area contributed by atoms with E-state index in [2.05, 4.69) is 56.5 Å². The molecule has 2 N–H and O–H groups in total. The van der Waals surface area contributed by atoms with Crippen molar-refractivity contribution in [3.8, 4) is 0 Å². The normalized spacial score (nSPS) is 29.8. The predicted molar refractivity (Wildman–Crippen MR) is 118 cm³/mol. The summed E-state index contributed by atoms with van der Waals surface area (Å²) >= 11 is 0. The van der Waals surface area contributed by atoms with Crippen LogP contribution in [0.3, 0.4) is 0 Å². The average Bonchev–Trinajstić information content (AvgIpc) is 2.58. The number of fused-ring (bicyclic) bond motifs is 3. The first-order valence-electron chi connectivity index (χ1n) is 11.1. The molecule has 0 aliphatic heterocycles. The molecular weight excluding hydrogens is 344 g/mol. The van der Waals surface area contributed by atoms with Crippen molar-refractivity contribution in [2.75, 3.05) is 6.54 Å². The molecular formula is C25H40N2O. The molecule has 3 rings (SSSR count). The Labute approximate surface area is 172 Å². The molecule has 28 heavy (non-hydrogen) atoms. The summed E-state index contributed by atoms with van der Waals surface area (Å²) in [5.74, 6) is 1.19. The van der Waals surface area contributed by atoms with Gasteiger partial charge in [0, 0.05) is 12.1 Å². The maximum atomic E-state index is 12.4. The molecule has 2 amide bonds. The molecule has 2 aliphatic carbocycles. The third kappa shape index (κ3) is 4.09. The molecule has 0 unspecified atom stereocenters. The number of hydrogen-bond acceptors (Lipinski definition) is 1. The molecule has 1 fully saturated rings. The summed E-state index contributed by atoms with van der Waals surface area (Å²) in [6, 6.07) is 7.18. The highest BCUT2D eigenvalue weighted by molar-refractivity contribution is 5.74. The second-order valence-electron chi connectivity index (χ2n) is 11.1. The highest BCUT2D eigenvalue weighted by Gasteiger charge is 2.51. The summed E-state index contributed by atoms with van der Waals surface area (Å²) in [6.45, 7) is 16.3. The first-order chi connectivity index (χ1) is 12.9. The Morgan fingerprint density at radius 1 is 1.21 bits per heavy atom. The van der Waals surface area contributed by atoms with Gasteiger partial charge in [-0.25, -0.2) is 4.79 Å². The van der Waals surface area contributed by atoms with Gasteiger partial charge in [0.05, 0.1) is 0 Å². The van der Waals surface area contributed by atoms with Gasteiger partial charge in [-0.1, -0.05) is 52.3 Å². The maximum Gasteiger partial charge on any atom is 0.315 e. The van der Waals surface area contributed by atoms with Crippen LogP contribution in [0.5, 0.6) is 0 Å². The number of amides is 2. The first-order valence-corrected chi connectivity index (χ1v) is 11.1. The number of benzene rings is 1. The Hall–Kier alpha value is -1.51. The van der Waals surface area contributed by atoms with Gasteiger partial charge in [0.2, 0.25) is 0 Å². The molecule has 0 aromatic heterocycles. The van der Waals surface area contributed by atoms with Crippen LogP contribution in [0.2, 0.25) is 0 Å². The minimum atomic E-state index is -0.204. The van der Waals surface area contributed by atoms with Crippen molar-refractivity contribution < 1.29 is 4.79 Å². The smallest absolute Gasteiger partial charge is 0.315 e. The number of aryl methyl sites for hydroxylation is 1. The Balaban J connectivity index is 1.82. The summed E-state index contributed by atoms with van der Waals surface area (Å²) < 4.78 is 0. The van der Waals surface area contributed by atoms with Crippen LogP contribution in [-0.2, 0) is 11.8 Å². The van der Waals surface area contributed by atoms with E-state index in [0.717, 1.165) is 6.54 Å². The number of rotatable bonds is 3. The molecule has 0 radical (unpaired) electrons. The lowest BCUT2D eigenvalue weighted by Crippen LogP contribution is -2.55. The number of carbonyl (C=O) groups is 1. The molecule has 0 saturated heterocycles. The van der Waals surface area contributed by atoms with Crippen LogP contribution in [0.1, 0.15) is 96.8 Å². The van der Waals surface area contributed by atoms with Crippen molar-refractivity contribution in [1.82, 2.24) is 10.6 Å². The largest absolute Gasteiger partial charge is 0.338 e. The number of hydrogen-bond donors (Lipinski definition) is 2. The molecule has 156 valence electrons. The van der Waals surface area contributed by atoms with Crippen LogP contribution < -0.4 is 10.6 Å². The van der Waals surface area contributed by atoms with Gasteiger partial charge in [0.1, 0.15) is 0 Å². The Morgan fingerprint density at radius 2 is 1.93 bits per heavy atom. The van der Waals surface area contributed by atoms with E-state index in [9.17, 15) is 4.79 Å². The van der Waals surface area contributed by atoms with Crippen molar-refractivity contribution in [2.24, 2.45) is 11.3 Å². The summed E-state index contributed by atoms with van der Waals surface area (Å²) in [4.78, 5) is 12.4. The second-order valence-corrected chi connectivity index (χ2v) is 11.1. The van der Waals surface area contributed by atoms with Gasteiger partial charge in [-0.3, -0.25) is 0 Å². The van der Waals surface area contributed by atoms with E-state index in [-0.39, 0.29) is 22.4 Å². The van der Waals surface area contributed by atoms with E-state index in [0.29, 0.717) is 11.8 Å². The van der Waals surface area contributed by atoms with E-state index in [1.54, 1.807) is 11.1 Å². The average molecular weight is 385 g/mol. The summed E-state index contributed by atoms with van der Waals surface area (Å²) in [6.07, 6.45) is 6.08. The van der Waals surface area contributed by atoms with Crippen LogP contribution >= 0.6 is 0 Å². The molecule has 2 aliphatic rings. The fraction of sp³-hybridized carbons (Fsp3) is 0.720. The van der Waals surface area contributed by atoms with Crippen LogP contribution in [0.25, 0.3) is 0 Å². The molecule has 1 aromatic carbocycles. The zero-order valence-corrected chi connectivity index (χ0v) is 19.0. The number of urea groups is 1.